The summed E-state index contributed by atoms with van der Waals surface area (Å²) >= 11 is 0. The van der Waals surface area contributed by atoms with Gasteiger partial charge in [-0.3, -0.25) is 0 Å². The fourth-order valence-electron chi connectivity index (χ4n) is 1.85. The van der Waals surface area contributed by atoms with E-state index in [2.05, 4.69) is 0 Å². The summed E-state index contributed by atoms with van der Waals surface area (Å²) in [6.45, 7) is 3.82. The first-order valence-electron chi connectivity index (χ1n) is 5.73. The van der Waals surface area contributed by atoms with E-state index in [1.807, 2.05) is 6.07 Å². The number of unbranched alkanes of at least 4 members (excludes halogenated alkanes) is 1. The molecule has 0 spiro atoms. The van der Waals surface area contributed by atoms with Crippen molar-refractivity contribution in [2.45, 2.75) is 39.3 Å². The summed E-state index contributed by atoms with van der Waals surface area (Å²) in [6.07, 6.45) is -1.94. The lowest BCUT2D eigenvalue weighted by Crippen LogP contribution is -2.09. The lowest BCUT2D eigenvalue weighted by atomic mass is 9.96. The van der Waals surface area contributed by atoms with Crippen molar-refractivity contribution >= 4 is 0 Å². The maximum Gasteiger partial charge on any atom is 0.416 e. The lowest BCUT2D eigenvalue weighted by Gasteiger charge is -2.14. The summed E-state index contributed by atoms with van der Waals surface area (Å²) in [5.74, 6) is 0. The highest BCUT2D eigenvalue weighted by atomic mass is 19.4. The van der Waals surface area contributed by atoms with Gasteiger partial charge in [-0.1, -0.05) is 6.07 Å². The molecule has 0 aliphatic carbocycles. The fraction of sp³-hybridized carbons (Fsp3) is 0.538. The van der Waals surface area contributed by atoms with Gasteiger partial charge >= 0.3 is 6.18 Å². The van der Waals surface area contributed by atoms with Crippen molar-refractivity contribution in [1.82, 2.24) is 0 Å². The SMILES string of the molecule is Cc1cc(CCCCN)cc(C(F)(F)F)c1C. The molecule has 0 aliphatic rings. The van der Waals surface area contributed by atoms with Crippen LogP contribution in [-0.2, 0) is 12.6 Å². The van der Waals surface area contributed by atoms with Crippen molar-refractivity contribution in [3.8, 4) is 0 Å². The van der Waals surface area contributed by atoms with Crippen molar-refractivity contribution in [1.29, 1.82) is 0 Å². The maximum atomic E-state index is 12.8. The molecule has 0 aliphatic heterocycles. The van der Waals surface area contributed by atoms with Gasteiger partial charge in [0.25, 0.3) is 0 Å². The quantitative estimate of drug-likeness (QED) is 0.806. The normalized spacial score (nSPS) is 11.9. The van der Waals surface area contributed by atoms with Crippen LogP contribution in [0.4, 0.5) is 13.2 Å². The van der Waals surface area contributed by atoms with Gasteiger partial charge in [0.1, 0.15) is 0 Å². The molecule has 1 aromatic carbocycles. The first kappa shape index (κ1) is 14.0. The smallest absolute Gasteiger partial charge is 0.330 e. The molecule has 0 radical (unpaired) electrons. The average molecular weight is 245 g/mol. The standard InChI is InChI=1S/C13H18F3N/c1-9-7-11(5-3-4-6-17)8-12(10(9)2)13(14,15)16/h7-8H,3-6,17H2,1-2H3. The Hall–Kier alpha value is -1.03. The van der Waals surface area contributed by atoms with E-state index in [0.717, 1.165) is 18.4 Å². The number of nitrogens with two attached hydrogens (primary N) is 1. The zero-order chi connectivity index (χ0) is 13.1. The third-order valence-electron chi connectivity index (χ3n) is 2.95. The molecule has 2 N–H and O–H groups in total. The van der Waals surface area contributed by atoms with Gasteiger partial charge in [0.15, 0.2) is 0 Å². The topological polar surface area (TPSA) is 26.0 Å². The van der Waals surface area contributed by atoms with Crippen LogP contribution < -0.4 is 5.73 Å². The van der Waals surface area contributed by atoms with Crippen LogP contribution in [0.1, 0.15) is 35.1 Å². The lowest BCUT2D eigenvalue weighted by molar-refractivity contribution is -0.138. The highest BCUT2D eigenvalue weighted by Gasteiger charge is 2.33. The number of hydrogen-bond donors (Lipinski definition) is 1. The molecule has 0 fully saturated rings. The Kier molecular flexibility index (Phi) is 4.57. The molecular weight excluding hydrogens is 227 g/mol. The molecule has 0 heterocycles. The molecule has 0 saturated carbocycles. The Balaban J connectivity index is 2.98. The van der Waals surface area contributed by atoms with E-state index in [-0.39, 0.29) is 0 Å². The predicted octanol–water partition coefficient (Wildman–Crippen LogP) is 3.60. The summed E-state index contributed by atoms with van der Waals surface area (Å²) in [5.41, 5.74) is 6.61. The van der Waals surface area contributed by atoms with Gasteiger partial charge < -0.3 is 5.73 Å². The summed E-state index contributed by atoms with van der Waals surface area (Å²) in [6, 6.07) is 3.10. The van der Waals surface area contributed by atoms with E-state index >= 15 is 0 Å². The highest BCUT2D eigenvalue weighted by molar-refractivity contribution is 5.39. The third-order valence-corrected chi connectivity index (χ3v) is 2.95. The van der Waals surface area contributed by atoms with Crippen LogP contribution in [0.15, 0.2) is 12.1 Å². The molecule has 17 heavy (non-hydrogen) atoms. The van der Waals surface area contributed by atoms with Crippen LogP contribution in [0, 0.1) is 13.8 Å². The van der Waals surface area contributed by atoms with Gasteiger partial charge in [-0.25, -0.2) is 0 Å². The van der Waals surface area contributed by atoms with Gasteiger partial charge in [0, 0.05) is 0 Å². The predicted molar refractivity (Wildman–Crippen MR) is 62.9 cm³/mol. The van der Waals surface area contributed by atoms with Crippen LogP contribution in [0.2, 0.25) is 0 Å². The zero-order valence-electron chi connectivity index (χ0n) is 10.2. The first-order valence-corrected chi connectivity index (χ1v) is 5.73. The molecule has 0 atom stereocenters. The Labute approximate surface area is 99.8 Å². The first-order chi connectivity index (χ1) is 7.86. The van der Waals surface area contributed by atoms with E-state index in [4.69, 9.17) is 5.73 Å². The van der Waals surface area contributed by atoms with Crippen molar-refractivity contribution in [2.75, 3.05) is 6.54 Å². The number of rotatable bonds is 4. The molecule has 1 aromatic rings. The van der Waals surface area contributed by atoms with Crippen LogP contribution in [-0.4, -0.2) is 6.54 Å². The fourth-order valence-corrected chi connectivity index (χ4v) is 1.85. The van der Waals surface area contributed by atoms with Crippen molar-refractivity contribution in [2.24, 2.45) is 5.73 Å². The molecule has 0 unspecified atom stereocenters. The van der Waals surface area contributed by atoms with Gasteiger partial charge in [-0.15, -0.1) is 0 Å². The Morgan fingerprint density at radius 1 is 1.12 bits per heavy atom. The second-order valence-corrected chi connectivity index (χ2v) is 4.33. The molecule has 4 heteroatoms. The minimum absolute atomic E-state index is 0.320. The Morgan fingerprint density at radius 2 is 1.76 bits per heavy atom. The third kappa shape index (κ3) is 3.73. The van der Waals surface area contributed by atoms with Gasteiger partial charge in [0.05, 0.1) is 5.56 Å². The van der Waals surface area contributed by atoms with Crippen LogP contribution in [0.25, 0.3) is 0 Å². The summed E-state index contributed by atoms with van der Waals surface area (Å²) < 4.78 is 38.3. The summed E-state index contributed by atoms with van der Waals surface area (Å²) in [5, 5.41) is 0. The Morgan fingerprint density at radius 3 is 2.29 bits per heavy atom. The second kappa shape index (κ2) is 5.54. The molecule has 1 rings (SSSR count). The van der Waals surface area contributed by atoms with Gasteiger partial charge in [-0.05, 0) is 62.4 Å². The zero-order valence-corrected chi connectivity index (χ0v) is 10.2. The van der Waals surface area contributed by atoms with Gasteiger partial charge in [0.2, 0.25) is 0 Å². The Bertz CT molecular complexity index is 383. The van der Waals surface area contributed by atoms with Crippen LogP contribution in [0.3, 0.4) is 0 Å². The second-order valence-electron chi connectivity index (χ2n) is 4.33. The minimum atomic E-state index is -4.27. The highest BCUT2D eigenvalue weighted by Crippen LogP contribution is 2.34. The molecular formula is C13H18F3N. The monoisotopic (exact) mass is 245 g/mol. The van der Waals surface area contributed by atoms with Gasteiger partial charge in [-0.2, -0.15) is 13.2 Å². The maximum absolute atomic E-state index is 12.8. The molecule has 0 saturated heterocycles. The van der Waals surface area contributed by atoms with Crippen molar-refractivity contribution in [3.63, 3.8) is 0 Å². The number of halogens is 3. The van der Waals surface area contributed by atoms with Crippen molar-refractivity contribution < 1.29 is 13.2 Å². The average Bonchev–Trinajstić information content (AvgIpc) is 2.21. The van der Waals surface area contributed by atoms with E-state index in [0.29, 0.717) is 24.1 Å². The largest absolute Gasteiger partial charge is 0.416 e. The van der Waals surface area contributed by atoms with Crippen LogP contribution >= 0.6 is 0 Å². The van der Waals surface area contributed by atoms with E-state index in [1.54, 1.807) is 6.92 Å². The number of benzene rings is 1. The summed E-state index contributed by atoms with van der Waals surface area (Å²) in [7, 11) is 0. The van der Waals surface area contributed by atoms with Crippen LogP contribution in [0.5, 0.6) is 0 Å². The number of hydrogen-bond acceptors (Lipinski definition) is 1. The molecule has 0 bridgehead atoms. The summed E-state index contributed by atoms with van der Waals surface area (Å²) in [4.78, 5) is 0. The number of alkyl halides is 3. The molecule has 1 nitrogen and oxygen atoms in total. The van der Waals surface area contributed by atoms with E-state index in [9.17, 15) is 13.2 Å². The molecule has 0 amide bonds. The van der Waals surface area contributed by atoms with E-state index < -0.39 is 11.7 Å². The van der Waals surface area contributed by atoms with Crippen molar-refractivity contribution in [3.05, 3.63) is 34.4 Å². The molecule has 96 valence electrons. The minimum Gasteiger partial charge on any atom is -0.330 e. The number of aryl methyl sites for hydroxylation is 2. The molecule has 0 aromatic heterocycles. The van der Waals surface area contributed by atoms with E-state index in [1.165, 1.54) is 13.0 Å².